The van der Waals surface area contributed by atoms with Gasteiger partial charge in [-0.25, -0.2) is 0 Å². The molecule has 1 heterocycles. The molecule has 1 atom stereocenters. The molecule has 0 bridgehead atoms. The van der Waals surface area contributed by atoms with Gasteiger partial charge >= 0.3 is 0 Å². The topological polar surface area (TPSA) is 44.8 Å². The highest BCUT2D eigenvalue weighted by Gasteiger charge is 2.17. The largest absolute Gasteiger partial charge is 0.491 e. The summed E-state index contributed by atoms with van der Waals surface area (Å²) in [4.78, 5) is 17.0. The van der Waals surface area contributed by atoms with E-state index < -0.39 is 0 Å². The number of para-hydroxylation sites is 1. The molecule has 0 radical (unpaired) electrons. The predicted molar refractivity (Wildman–Crippen MR) is 102 cm³/mol. The lowest BCUT2D eigenvalue weighted by Gasteiger charge is -2.33. The summed E-state index contributed by atoms with van der Waals surface area (Å²) in [7, 11) is 0. The predicted octanol–water partition coefficient (Wildman–Crippen LogP) is 2.21. The Hall–Kier alpha value is -1.59. The van der Waals surface area contributed by atoms with Crippen LogP contribution in [0.4, 0.5) is 0 Å². The summed E-state index contributed by atoms with van der Waals surface area (Å²) in [5.41, 5.74) is 2.26. The van der Waals surface area contributed by atoms with E-state index >= 15 is 0 Å². The highest BCUT2D eigenvalue weighted by Crippen LogP contribution is 2.22. The quantitative estimate of drug-likeness (QED) is 0.783. The van der Waals surface area contributed by atoms with Crippen LogP contribution >= 0.6 is 0 Å². The summed E-state index contributed by atoms with van der Waals surface area (Å²) in [5.74, 6) is 1.04. The van der Waals surface area contributed by atoms with Crippen molar-refractivity contribution in [3.8, 4) is 5.75 Å². The minimum atomic E-state index is 0.00319. The average Bonchev–Trinajstić information content (AvgIpc) is 2.60. The maximum atomic E-state index is 12.2. The van der Waals surface area contributed by atoms with Crippen LogP contribution in [0.2, 0.25) is 0 Å². The molecule has 25 heavy (non-hydrogen) atoms. The first-order valence-corrected chi connectivity index (χ1v) is 9.42. The van der Waals surface area contributed by atoms with Gasteiger partial charge in [0.2, 0.25) is 5.91 Å². The third-order valence-electron chi connectivity index (χ3n) is 4.86. The molecule has 0 aromatic heterocycles. The Morgan fingerprint density at radius 1 is 1.16 bits per heavy atom. The minimum absolute atomic E-state index is 0.00319. The fourth-order valence-corrected chi connectivity index (χ4v) is 3.21. The molecule has 5 heteroatoms. The average molecular weight is 348 g/mol. The van der Waals surface area contributed by atoms with Crippen molar-refractivity contribution >= 4 is 5.91 Å². The van der Waals surface area contributed by atoms with Gasteiger partial charge in [0.05, 0.1) is 6.04 Å². The van der Waals surface area contributed by atoms with Gasteiger partial charge in [-0.2, -0.15) is 0 Å². The van der Waals surface area contributed by atoms with Crippen LogP contribution in [0, 0.1) is 13.8 Å². The molecule has 1 fully saturated rings. The molecule has 0 aliphatic carbocycles. The van der Waals surface area contributed by atoms with Crippen molar-refractivity contribution in [3.05, 3.63) is 29.3 Å². The van der Waals surface area contributed by atoms with E-state index in [4.69, 9.17) is 4.74 Å². The SMILES string of the molecule is CCN1CCN(CCC(=O)N[C@H](C)COc2c(C)cccc2C)CC1. The summed E-state index contributed by atoms with van der Waals surface area (Å²) in [6.45, 7) is 15.1. The van der Waals surface area contributed by atoms with Gasteiger partial charge < -0.3 is 19.9 Å². The summed E-state index contributed by atoms with van der Waals surface area (Å²) in [5, 5.41) is 3.05. The molecule has 1 saturated heterocycles. The van der Waals surface area contributed by atoms with Crippen LogP contribution in [-0.4, -0.2) is 67.6 Å². The van der Waals surface area contributed by atoms with Crippen LogP contribution in [0.3, 0.4) is 0 Å². The molecule has 0 saturated carbocycles. The van der Waals surface area contributed by atoms with Crippen LogP contribution in [0.5, 0.6) is 5.75 Å². The minimum Gasteiger partial charge on any atom is -0.491 e. The standard InChI is InChI=1S/C20H33N3O2/c1-5-22-11-13-23(14-12-22)10-9-19(24)21-18(4)15-25-20-16(2)7-6-8-17(20)3/h6-8,18H,5,9-15H2,1-4H3,(H,21,24)/t18-/m1/s1. The monoisotopic (exact) mass is 347 g/mol. The first-order chi connectivity index (χ1) is 12.0. The molecule has 1 aromatic carbocycles. The van der Waals surface area contributed by atoms with Crippen LogP contribution in [0.1, 0.15) is 31.4 Å². The molecule has 1 aromatic rings. The molecule has 1 aliphatic heterocycles. The van der Waals surface area contributed by atoms with Crippen molar-refractivity contribution in [2.24, 2.45) is 0 Å². The third-order valence-corrected chi connectivity index (χ3v) is 4.86. The number of benzene rings is 1. The third kappa shape index (κ3) is 6.33. The van der Waals surface area contributed by atoms with Gasteiger partial charge in [0.15, 0.2) is 0 Å². The lowest BCUT2D eigenvalue weighted by molar-refractivity contribution is -0.122. The number of ether oxygens (including phenoxy) is 1. The van der Waals surface area contributed by atoms with Gasteiger partial charge in [-0.3, -0.25) is 4.79 Å². The summed E-state index contributed by atoms with van der Waals surface area (Å²) < 4.78 is 5.92. The van der Waals surface area contributed by atoms with Crippen molar-refractivity contribution in [3.63, 3.8) is 0 Å². The van der Waals surface area contributed by atoms with Crippen molar-refractivity contribution in [1.82, 2.24) is 15.1 Å². The van der Waals surface area contributed by atoms with Crippen LogP contribution in [0.15, 0.2) is 18.2 Å². The molecule has 140 valence electrons. The Kier molecular flexibility index (Phi) is 7.72. The highest BCUT2D eigenvalue weighted by molar-refractivity contribution is 5.76. The second-order valence-electron chi connectivity index (χ2n) is 7.03. The number of aryl methyl sites for hydroxylation is 2. The Morgan fingerprint density at radius 2 is 1.76 bits per heavy atom. The molecular formula is C20H33N3O2. The maximum Gasteiger partial charge on any atom is 0.221 e. The van der Waals surface area contributed by atoms with Gasteiger partial charge in [-0.15, -0.1) is 0 Å². The van der Waals surface area contributed by atoms with Gasteiger partial charge in [0.1, 0.15) is 12.4 Å². The number of hydrogen-bond acceptors (Lipinski definition) is 4. The number of amides is 1. The molecule has 1 aliphatic rings. The summed E-state index contributed by atoms with van der Waals surface area (Å²) >= 11 is 0. The second-order valence-corrected chi connectivity index (χ2v) is 7.03. The van der Waals surface area contributed by atoms with E-state index in [2.05, 4.69) is 22.0 Å². The molecule has 5 nitrogen and oxygen atoms in total. The van der Waals surface area contributed by atoms with Gasteiger partial charge in [0.25, 0.3) is 0 Å². The zero-order valence-electron chi connectivity index (χ0n) is 16.2. The van der Waals surface area contributed by atoms with E-state index in [1.807, 2.05) is 39.0 Å². The summed E-state index contributed by atoms with van der Waals surface area (Å²) in [6.07, 6.45) is 0.555. The van der Waals surface area contributed by atoms with Gasteiger partial charge in [0, 0.05) is 39.1 Å². The van der Waals surface area contributed by atoms with E-state index in [1.54, 1.807) is 0 Å². The Balaban J connectivity index is 1.66. The van der Waals surface area contributed by atoms with Crippen molar-refractivity contribution < 1.29 is 9.53 Å². The Bertz CT molecular complexity index is 534. The van der Waals surface area contributed by atoms with Crippen LogP contribution in [-0.2, 0) is 4.79 Å². The van der Waals surface area contributed by atoms with E-state index in [1.165, 1.54) is 0 Å². The van der Waals surface area contributed by atoms with Crippen molar-refractivity contribution in [2.45, 2.75) is 40.2 Å². The summed E-state index contributed by atoms with van der Waals surface area (Å²) in [6, 6.07) is 6.13. The number of hydrogen-bond donors (Lipinski definition) is 1. The Labute approximate surface area is 152 Å². The number of carbonyl (C=O) groups excluding carboxylic acids is 1. The van der Waals surface area contributed by atoms with Gasteiger partial charge in [-0.1, -0.05) is 25.1 Å². The van der Waals surface area contributed by atoms with Gasteiger partial charge in [-0.05, 0) is 38.4 Å². The number of nitrogens with one attached hydrogen (secondary N) is 1. The van der Waals surface area contributed by atoms with Crippen LogP contribution < -0.4 is 10.1 Å². The Morgan fingerprint density at radius 3 is 2.36 bits per heavy atom. The number of rotatable bonds is 8. The first kappa shape index (κ1) is 19.7. The number of nitrogens with zero attached hydrogens (tertiary/aromatic N) is 2. The highest BCUT2D eigenvalue weighted by atomic mass is 16.5. The first-order valence-electron chi connectivity index (χ1n) is 9.42. The van der Waals surface area contributed by atoms with Crippen molar-refractivity contribution in [1.29, 1.82) is 0 Å². The second kappa shape index (κ2) is 9.78. The molecule has 0 unspecified atom stereocenters. The molecule has 1 amide bonds. The molecule has 0 spiro atoms. The normalized spacial score (nSPS) is 17.3. The lowest BCUT2D eigenvalue weighted by atomic mass is 10.1. The van der Waals surface area contributed by atoms with E-state index in [-0.39, 0.29) is 11.9 Å². The fourth-order valence-electron chi connectivity index (χ4n) is 3.21. The number of carbonyl (C=O) groups is 1. The molecular weight excluding hydrogens is 314 g/mol. The fraction of sp³-hybridized carbons (Fsp3) is 0.650. The van der Waals surface area contributed by atoms with Crippen LogP contribution in [0.25, 0.3) is 0 Å². The van der Waals surface area contributed by atoms with E-state index in [9.17, 15) is 4.79 Å². The van der Waals surface area contributed by atoms with E-state index in [0.717, 1.165) is 56.1 Å². The van der Waals surface area contributed by atoms with Crippen molar-refractivity contribution in [2.75, 3.05) is 45.9 Å². The molecule has 2 rings (SSSR count). The number of piperazine rings is 1. The maximum absolute atomic E-state index is 12.2. The molecule has 1 N–H and O–H groups in total. The number of likely N-dealkylation sites (N-methyl/N-ethyl adjacent to an activating group) is 1. The zero-order chi connectivity index (χ0) is 18.2. The van der Waals surface area contributed by atoms with E-state index in [0.29, 0.717) is 13.0 Å². The zero-order valence-corrected chi connectivity index (χ0v) is 16.2. The lowest BCUT2D eigenvalue weighted by Crippen LogP contribution is -2.47. The smallest absolute Gasteiger partial charge is 0.221 e.